The van der Waals surface area contributed by atoms with E-state index < -0.39 is 0 Å². The van der Waals surface area contributed by atoms with Gasteiger partial charge in [-0.15, -0.1) is 0 Å². The summed E-state index contributed by atoms with van der Waals surface area (Å²) in [5, 5.41) is 0. The van der Waals surface area contributed by atoms with Gasteiger partial charge in [-0.25, -0.2) is 9.78 Å². The van der Waals surface area contributed by atoms with Gasteiger partial charge in [0.15, 0.2) is 5.65 Å². The van der Waals surface area contributed by atoms with Crippen molar-refractivity contribution in [2.75, 3.05) is 6.61 Å². The highest BCUT2D eigenvalue weighted by Crippen LogP contribution is 2.49. The molecule has 4 rings (SSSR count). The molecule has 0 bridgehead atoms. The molecule has 27 heavy (non-hydrogen) atoms. The Morgan fingerprint density at radius 2 is 1.89 bits per heavy atom. The van der Waals surface area contributed by atoms with Crippen LogP contribution in [0.5, 0.6) is 0 Å². The van der Waals surface area contributed by atoms with E-state index >= 15 is 0 Å². The van der Waals surface area contributed by atoms with Gasteiger partial charge in [0.2, 0.25) is 0 Å². The van der Waals surface area contributed by atoms with E-state index in [1.807, 2.05) is 23.6 Å². The Kier molecular flexibility index (Phi) is 5.15. The molecule has 0 unspecified atom stereocenters. The third-order valence-corrected chi connectivity index (χ3v) is 7.23. The van der Waals surface area contributed by atoms with Gasteiger partial charge in [0.05, 0.1) is 11.6 Å². The minimum Gasteiger partial charge on any atom is -0.379 e. The molecular weight excluding hydrogens is 338 g/mol. The van der Waals surface area contributed by atoms with Crippen LogP contribution in [0.2, 0.25) is 0 Å². The predicted molar refractivity (Wildman–Crippen MR) is 108 cm³/mol. The zero-order chi connectivity index (χ0) is 19.0. The van der Waals surface area contributed by atoms with Crippen LogP contribution >= 0.6 is 0 Å². The van der Waals surface area contributed by atoms with E-state index in [2.05, 4.69) is 23.8 Å². The number of aromatic nitrogens is 3. The SMILES string of the molecule is CCOC1CCC(C)(C2CCC(n3c(=O)[nH]c4ccc(C)nc43)CC2)CC1. The van der Waals surface area contributed by atoms with Gasteiger partial charge in [0.1, 0.15) is 0 Å². The number of nitrogens with zero attached hydrogens (tertiary/aromatic N) is 2. The fraction of sp³-hybridized carbons (Fsp3) is 0.727. The highest BCUT2D eigenvalue weighted by Gasteiger charge is 2.40. The van der Waals surface area contributed by atoms with E-state index in [1.54, 1.807) is 0 Å². The molecule has 0 aromatic carbocycles. The molecule has 1 N–H and O–H groups in total. The van der Waals surface area contributed by atoms with Crippen LogP contribution < -0.4 is 5.69 Å². The first-order chi connectivity index (χ1) is 13.0. The number of aryl methyl sites for hydroxylation is 1. The minimum absolute atomic E-state index is 0.00464. The molecule has 0 saturated heterocycles. The van der Waals surface area contributed by atoms with Gasteiger partial charge in [-0.3, -0.25) is 4.57 Å². The van der Waals surface area contributed by atoms with E-state index in [1.165, 1.54) is 38.5 Å². The molecule has 5 nitrogen and oxygen atoms in total. The third-order valence-electron chi connectivity index (χ3n) is 7.23. The molecule has 0 radical (unpaired) electrons. The number of rotatable bonds is 4. The molecule has 0 aliphatic heterocycles. The Labute approximate surface area is 161 Å². The summed E-state index contributed by atoms with van der Waals surface area (Å²) < 4.78 is 7.77. The van der Waals surface area contributed by atoms with Gasteiger partial charge in [-0.1, -0.05) is 6.92 Å². The van der Waals surface area contributed by atoms with E-state index in [-0.39, 0.29) is 11.7 Å². The van der Waals surface area contributed by atoms with Gasteiger partial charge in [0.25, 0.3) is 0 Å². The molecule has 0 spiro atoms. The standard InChI is InChI=1S/C22H33N3O2/c1-4-27-18-11-13-22(3,14-12-18)16-6-8-17(9-7-16)25-20-19(24-21(25)26)10-5-15(2)23-20/h5,10,16-18H,4,6-9,11-14H2,1-3H3,(H,24,26). The zero-order valence-corrected chi connectivity index (χ0v) is 17.0. The molecular formula is C22H33N3O2. The molecule has 0 atom stereocenters. The maximum absolute atomic E-state index is 12.5. The van der Waals surface area contributed by atoms with Crippen LogP contribution in [0.3, 0.4) is 0 Å². The van der Waals surface area contributed by atoms with Crippen molar-refractivity contribution in [1.82, 2.24) is 14.5 Å². The average molecular weight is 372 g/mol. The number of ether oxygens (including phenoxy) is 1. The number of aromatic amines is 1. The third kappa shape index (κ3) is 3.58. The fourth-order valence-corrected chi connectivity index (χ4v) is 5.53. The largest absolute Gasteiger partial charge is 0.379 e. The molecule has 148 valence electrons. The molecule has 0 amide bonds. The first-order valence-corrected chi connectivity index (χ1v) is 10.7. The van der Waals surface area contributed by atoms with Crippen LogP contribution in [-0.2, 0) is 4.74 Å². The van der Waals surface area contributed by atoms with Crippen LogP contribution in [0.4, 0.5) is 0 Å². The van der Waals surface area contributed by atoms with Gasteiger partial charge in [-0.2, -0.15) is 0 Å². The maximum atomic E-state index is 12.5. The second-order valence-corrected chi connectivity index (χ2v) is 8.94. The van der Waals surface area contributed by atoms with Gasteiger partial charge >= 0.3 is 5.69 Å². The minimum atomic E-state index is -0.00464. The molecule has 2 saturated carbocycles. The van der Waals surface area contributed by atoms with Crippen molar-refractivity contribution in [2.45, 2.75) is 84.3 Å². The van der Waals surface area contributed by atoms with E-state index in [0.29, 0.717) is 11.5 Å². The highest BCUT2D eigenvalue weighted by molar-refractivity contribution is 5.70. The van der Waals surface area contributed by atoms with Crippen molar-refractivity contribution in [1.29, 1.82) is 0 Å². The first-order valence-electron chi connectivity index (χ1n) is 10.7. The first kappa shape index (κ1) is 18.7. The van der Waals surface area contributed by atoms with Crippen LogP contribution in [0.1, 0.15) is 76.9 Å². The predicted octanol–water partition coefficient (Wildman–Crippen LogP) is 4.75. The Hall–Kier alpha value is -1.62. The number of fused-ring (bicyclic) bond motifs is 1. The Balaban J connectivity index is 1.45. The molecule has 5 heteroatoms. The summed E-state index contributed by atoms with van der Waals surface area (Å²) in [7, 11) is 0. The monoisotopic (exact) mass is 371 g/mol. The zero-order valence-electron chi connectivity index (χ0n) is 17.0. The van der Waals surface area contributed by atoms with Gasteiger partial charge < -0.3 is 9.72 Å². The van der Waals surface area contributed by atoms with E-state index in [4.69, 9.17) is 4.74 Å². The summed E-state index contributed by atoms with van der Waals surface area (Å²) in [6, 6.07) is 4.21. The number of pyridine rings is 1. The van der Waals surface area contributed by atoms with Crippen molar-refractivity contribution in [3.8, 4) is 0 Å². The molecule has 2 fully saturated rings. The summed E-state index contributed by atoms with van der Waals surface area (Å²) in [6.07, 6.45) is 10.0. The summed E-state index contributed by atoms with van der Waals surface area (Å²) in [5.41, 5.74) is 3.08. The summed E-state index contributed by atoms with van der Waals surface area (Å²) in [4.78, 5) is 20.2. The smallest absolute Gasteiger partial charge is 0.327 e. The highest BCUT2D eigenvalue weighted by atomic mass is 16.5. The lowest BCUT2D eigenvalue weighted by molar-refractivity contribution is -0.0192. The Morgan fingerprint density at radius 1 is 1.19 bits per heavy atom. The Bertz CT molecular complexity index is 837. The van der Waals surface area contributed by atoms with E-state index in [9.17, 15) is 4.79 Å². The van der Waals surface area contributed by atoms with Gasteiger partial charge in [-0.05, 0) is 88.7 Å². The lowest BCUT2D eigenvalue weighted by Crippen LogP contribution is -2.37. The summed E-state index contributed by atoms with van der Waals surface area (Å²) in [6.45, 7) is 7.40. The number of imidazole rings is 1. The fourth-order valence-electron chi connectivity index (χ4n) is 5.53. The van der Waals surface area contributed by atoms with Crippen molar-refractivity contribution >= 4 is 11.2 Å². The van der Waals surface area contributed by atoms with Crippen LogP contribution in [0.15, 0.2) is 16.9 Å². The average Bonchev–Trinajstić information content (AvgIpc) is 2.99. The van der Waals surface area contributed by atoms with Crippen molar-refractivity contribution < 1.29 is 4.74 Å². The number of nitrogens with one attached hydrogen (secondary N) is 1. The van der Waals surface area contributed by atoms with Crippen molar-refractivity contribution in [3.63, 3.8) is 0 Å². The second-order valence-electron chi connectivity index (χ2n) is 8.94. The van der Waals surface area contributed by atoms with Crippen LogP contribution in [-0.4, -0.2) is 27.2 Å². The molecule has 2 heterocycles. The molecule has 2 aromatic heterocycles. The van der Waals surface area contributed by atoms with E-state index in [0.717, 1.165) is 42.2 Å². The van der Waals surface area contributed by atoms with Crippen molar-refractivity contribution in [3.05, 3.63) is 28.3 Å². The summed E-state index contributed by atoms with van der Waals surface area (Å²) in [5.74, 6) is 0.770. The number of H-pyrrole nitrogens is 1. The van der Waals surface area contributed by atoms with Crippen LogP contribution in [0.25, 0.3) is 11.2 Å². The topological polar surface area (TPSA) is 59.9 Å². The summed E-state index contributed by atoms with van der Waals surface area (Å²) >= 11 is 0. The maximum Gasteiger partial charge on any atom is 0.327 e. The quantitative estimate of drug-likeness (QED) is 0.844. The van der Waals surface area contributed by atoms with Gasteiger partial charge in [0, 0.05) is 18.3 Å². The molecule has 2 aliphatic rings. The van der Waals surface area contributed by atoms with Crippen molar-refractivity contribution in [2.24, 2.45) is 11.3 Å². The lowest BCUT2D eigenvalue weighted by Gasteiger charge is -2.45. The molecule has 2 aromatic rings. The number of hydrogen-bond donors (Lipinski definition) is 1. The number of hydrogen-bond acceptors (Lipinski definition) is 3. The van der Waals surface area contributed by atoms with Crippen LogP contribution in [0, 0.1) is 18.3 Å². The molecule has 2 aliphatic carbocycles. The Morgan fingerprint density at radius 3 is 2.56 bits per heavy atom. The second kappa shape index (κ2) is 7.42. The normalized spacial score (nSPS) is 32.0. The lowest BCUT2D eigenvalue weighted by atomic mass is 9.62.